The molecule has 0 unspecified atom stereocenters. The summed E-state index contributed by atoms with van der Waals surface area (Å²) in [5.41, 5.74) is 5.54. The smallest absolute Gasteiger partial charge is 0.272 e. The average Bonchev–Trinajstić information content (AvgIpc) is 3.13. The van der Waals surface area contributed by atoms with Crippen molar-refractivity contribution in [3.8, 4) is 5.75 Å². The van der Waals surface area contributed by atoms with Gasteiger partial charge in [0.05, 0.1) is 0 Å². The van der Waals surface area contributed by atoms with Gasteiger partial charge in [-0.25, -0.2) is 0 Å². The third kappa shape index (κ3) is 3.91. The van der Waals surface area contributed by atoms with E-state index in [1.807, 2.05) is 80.6 Å². The Kier molecular flexibility index (Phi) is 4.85. The van der Waals surface area contributed by atoms with Crippen LogP contribution in [0.15, 0.2) is 72.8 Å². The lowest BCUT2D eigenvalue weighted by molar-refractivity contribution is 0.102. The van der Waals surface area contributed by atoms with Crippen molar-refractivity contribution < 1.29 is 9.53 Å². The summed E-state index contributed by atoms with van der Waals surface area (Å²) >= 11 is 0. The number of hydrogen-bond acceptors (Lipinski definition) is 2. The van der Waals surface area contributed by atoms with Crippen LogP contribution in [0.2, 0.25) is 0 Å². The third-order valence-corrected chi connectivity index (χ3v) is 4.72. The number of aryl methyl sites for hydroxylation is 2. The summed E-state index contributed by atoms with van der Waals surface area (Å²) in [4.78, 5) is 15.8. The molecule has 0 aliphatic heterocycles. The predicted molar refractivity (Wildman–Crippen MR) is 113 cm³/mol. The van der Waals surface area contributed by atoms with Crippen LogP contribution in [0.3, 0.4) is 0 Å². The Hall–Kier alpha value is -3.53. The van der Waals surface area contributed by atoms with Crippen LogP contribution in [0.1, 0.15) is 27.2 Å². The molecular formula is C24H22N2O2. The molecule has 1 aromatic heterocycles. The number of benzene rings is 3. The largest absolute Gasteiger partial charge is 0.489 e. The second kappa shape index (κ2) is 7.61. The Labute approximate surface area is 164 Å². The maximum Gasteiger partial charge on any atom is 0.272 e. The normalized spacial score (nSPS) is 10.8. The average molecular weight is 370 g/mol. The van der Waals surface area contributed by atoms with Gasteiger partial charge in [0, 0.05) is 22.7 Å². The highest BCUT2D eigenvalue weighted by Crippen LogP contribution is 2.23. The monoisotopic (exact) mass is 370 g/mol. The Morgan fingerprint density at radius 3 is 2.57 bits per heavy atom. The summed E-state index contributed by atoms with van der Waals surface area (Å²) in [6, 6.07) is 23.7. The molecular weight excluding hydrogens is 348 g/mol. The second-order valence-corrected chi connectivity index (χ2v) is 6.98. The number of aromatic nitrogens is 1. The molecule has 0 bridgehead atoms. The maximum atomic E-state index is 12.6. The van der Waals surface area contributed by atoms with E-state index in [1.165, 1.54) is 5.56 Å². The number of carbonyl (C=O) groups is 1. The summed E-state index contributed by atoms with van der Waals surface area (Å²) in [5.74, 6) is 0.606. The van der Waals surface area contributed by atoms with E-state index in [4.69, 9.17) is 4.74 Å². The van der Waals surface area contributed by atoms with Gasteiger partial charge in [-0.15, -0.1) is 0 Å². The number of aromatic amines is 1. The molecule has 2 N–H and O–H groups in total. The van der Waals surface area contributed by atoms with Gasteiger partial charge in [0.25, 0.3) is 5.91 Å². The third-order valence-electron chi connectivity index (χ3n) is 4.72. The van der Waals surface area contributed by atoms with E-state index in [0.29, 0.717) is 12.3 Å². The van der Waals surface area contributed by atoms with Crippen molar-refractivity contribution >= 4 is 22.5 Å². The van der Waals surface area contributed by atoms with Crippen LogP contribution in [-0.4, -0.2) is 10.9 Å². The van der Waals surface area contributed by atoms with E-state index < -0.39 is 0 Å². The Bertz CT molecular complexity index is 1130. The van der Waals surface area contributed by atoms with Crippen LogP contribution in [0.5, 0.6) is 5.75 Å². The fourth-order valence-corrected chi connectivity index (χ4v) is 3.20. The molecule has 140 valence electrons. The number of nitrogens with one attached hydrogen (secondary N) is 2. The SMILES string of the molecule is Cc1ccc(NC(=O)c2cc3ccc(OCc4ccccc4)cc3[nH]2)c(C)c1. The molecule has 0 aliphatic rings. The number of amides is 1. The van der Waals surface area contributed by atoms with Crippen molar-refractivity contribution in [3.05, 3.63) is 95.2 Å². The molecule has 0 radical (unpaired) electrons. The highest BCUT2D eigenvalue weighted by atomic mass is 16.5. The molecule has 4 nitrogen and oxygen atoms in total. The van der Waals surface area contributed by atoms with E-state index in [-0.39, 0.29) is 5.91 Å². The van der Waals surface area contributed by atoms with Gasteiger partial charge in [-0.05, 0) is 49.2 Å². The molecule has 0 aliphatic carbocycles. The number of hydrogen-bond donors (Lipinski definition) is 2. The molecule has 1 amide bonds. The minimum absolute atomic E-state index is 0.157. The molecule has 4 heteroatoms. The number of rotatable bonds is 5. The standard InChI is InChI=1S/C24H22N2O2/c1-16-8-11-21(17(2)12-16)26-24(27)23-13-19-9-10-20(14-22(19)25-23)28-15-18-6-4-3-5-7-18/h3-14,25H,15H2,1-2H3,(H,26,27). The topological polar surface area (TPSA) is 54.1 Å². The first-order valence-electron chi connectivity index (χ1n) is 9.26. The predicted octanol–water partition coefficient (Wildman–Crippen LogP) is 5.62. The Morgan fingerprint density at radius 1 is 0.964 bits per heavy atom. The second-order valence-electron chi connectivity index (χ2n) is 6.98. The van der Waals surface area contributed by atoms with Crippen LogP contribution >= 0.6 is 0 Å². The van der Waals surface area contributed by atoms with E-state index >= 15 is 0 Å². The minimum atomic E-state index is -0.157. The highest BCUT2D eigenvalue weighted by Gasteiger charge is 2.11. The first kappa shape index (κ1) is 17.9. The van der Waals surface area contributed by atoms with Crippen molar-refractivity contribution in [3.63, 3.8) is 0 Å². The van der Waals surface area contributed by atoms with Crippen molar-refractivity contribution in [2.24, 2.45) is 0 Å². The van der Waals surface area contributed by atoms with E-state index in [2.05, 4.69) is 16.4 Å². The summed E-state index contributed by atoms with van der Waals surface area (Å²) in [6.07, 6.45) is 0. The molecule has 4 aromatic rings. The zero-order chi connectivity index (χ0) is 19.5. The Morgan fingerprint density at radius 2 is 1.79 bits per heavy atom. The molecule has 0 fully saturated rings. The number of fused-ring (bicyclic) bond motifs is 1. The van der Waals surface area contributed by atoms with Crippen LogP contribution in [-0.2, 0) is 6.61 Å². The van der Waals surface area contributed by atoms with Gasteiger partial charge in [0.1, 0.15) is 18.1 Å². The molecule has 0 spiro atoms. The molecule has 0 saturated heterocycles. The zero-order valence-corrected chi connectivity index (χ0v) is 16.0. The fraction of sp³-hybridized carbons (Fsp3) is 0.125. The number of ether oxygens (including phenoxy) is 1. The molecule has 0 saturated carbocycles. The van der Waals surface area contributed by atoms with Crippen molar-refractivity contribution in [1.82, 2.24) is 4.98 Å². The lowest BCUT2D eigenvalue weighted by Crippen LogP contribution is -2.13. The van der Waals surface area contributed by atoms with Gasteiger partial charge >= 0.3 is 0 Å². The van der Waals surface area contributed by atoms with Crippen LogP contribution in [0.4, 0.5) is 5.69 Å². The molecule has 0 atom stereocenters. The van der Waals surface area contributed by atoms with E-state index in [9.17, 15) is 4.79 Å². The lowest BCUT2D eigenvalue weighted by Gasteiger charge is -2.08. The quantitative estimate of drug-likeness (QED) is 0.479. The number of anilines is 1. The molecule has 4 rings (SSSR count). The molecule has 1 heterocycles. The van der Waals surface area contributed by atoms with E-state index in [0.717, 1.165) is 33.5 Å². The van der Waals surface area contributed by atoms with Gasteiger partial charge in [0.2, 0.25) is 0 Å². The maximum absolute atomic E-state index is 12.6. The molecule has 3 aromatic carbocycles. The van der Waals surface area contributed by atoms with Gasteiger partial charge < -0.3 is 15.0 Å². The zero-order valence-electron chi connectivity index (χ0n) is 16.0. The highest BCUT2D eigenvalue weighted by molar-refractivity contribution is 6.06. The van der Waals surface area contributed by atoms with E-state index in [1.54, 1.807) is 0 Å². The van der Waals surface area contributed by atoms with Crippen molar-refractivity contribution in [2.75, 3.05) is 5.32 Å². The summed E-state index contributed by atoms with van der Waals surface area (Å²) < 4.78 is 5.87. The lowest BCUT2D eigenvalue weighted by atomic mass is 10.1. The summed E-state index contributed by atoms with van der Waals surface area (Å²) in [7, 11) is 0. The van der Waals surface area contributed by atoms with Gasteiger partial charge in [-0.1, -0.05) is 48.0 Å². The number of H-pyrrole nitrogens is 1. The van der Waals surface area contributed by atoms with Crippen LogP contribution in [0.25, 0.3) is 10.9 Å². The van der Waals surface area contributed by atoms with Gasteiger partial charge in [-0.2, -0.15) is 0 Å². The molecule has 28 heavy (non-hydrogen) atoms. The van der Waals surface area contributed by atoms with Gasteiger partial charge in [0.15, 0.2) is 0 Å². The van der Waals surface area contributed by atoms with Crippen LogP contribution < -0.4 is 10.1 Å². The van der Waals surface area contributed by atoms with Crippen molar-refractivity contribution in [2.45, 2.75) is 20.5 Å². The number of carbonyl (C=O) groups excluding carboxylic acids is 1. The minimum Gasteiger partial charge on any atom is -0.489 e. The first-order valence-corrected chi connectivity index (χ1v) is 9.26. The first-order chi connectivity index (χ1) is 13.6. The fourth-order valence-electron chi connectivity index (χ4n) is 3.20. The Balaban J connectivity index is 1.50. The van der Waals surface area contributed by atoms with Crippen molar-refractivity contribution in [1.29, 1.82) is 0 Å². The summed E-state index contributed by atoms with van der Waals surface area (Å²) in [6.45, 7) is 4.53. The van der Waals surface area contributed by atoms with Crippen LogP contribution in [0, 0.1) is 13.8 Å². The summed E-state index contributed by atoms with van der Waals surface area (Å²) in [5, 5.41) is 3.94. The van der Waals surface area contributed by atoms with Gasteiger partial charge in [-0.3, -0.25) is 4.79 Å².